The molecule has 0 aliphatic carbocycles. The highest BCUT2D eigenvalue weighted by Crippen LogP contribution is 2.30. The maximum atomic E-state index is 11.4. The van der Waals surface area contributed by atoms with E-state index in [0.29, 0.717) is 0 Å². The van der Waals surface area contributed by atoms with Crippen molar-refractivity contribution in [2.45, 2.75) is 0 Å². The lowest BCUT2D eigenvalue weighted by atomic mass is 10.1. The van der Waals surface area contributed by atoms with Gasteiger partial charge < -0.3 is 10.5 Å². The smallest absolute Gasteiger partial charge is 0.286 e. The molecule has 0 amide bonds. The zero-order chi connectivity index (χ0) is 12.3. The van der Waals surface area contributed by atoms with Crippen LogP contribution in [0.1, 0.15) is 10.4 Å². The van der Waals surface area contributed by atoms with Crippen molar-refractivity contribution in [2.24, 2.45) is 0 Å². The molecule has 0 aliphatic rings. The Hall–Kier alpha value is -1.82. The third-order valence-electron chi connectivity index (χ3n) is 1.95. The minimum atomic E-state index is -0.696. The van der Waals surface area contributed by atoms with Gasteiger partial charge in [0, 0.05) is 6.07 Å². The molecule has 0 saturated heterocycles. The lowest BCUT2D eigenvalue weighted by molar-refractivity contribution is -0.385. The van der Waals surface area contributed by atoms with Crippen molar-refractivity contribution in [2.75, 3.05) is 18.7 Å². The molecule has 2 N–H and O–H groups in total. The number of ether oxygens (including phenoxy) is 1. The van der Waals surface area contributed by atoms with Gasteiger partial charge in [0.1, 0.15) is 11.3 Å². The molecule has 1 aromatic rings. The maximum Gasteiger partial charge on any atom is 0.286 e. The predicted octanol–water partition coefficient (Wildman–Crippen LogP) is 1.61. The number of nitro benzene ring substituents is 1. The van der Waals surface area contributed by atoms with Gasteiger partial charge in [-0.2, -0.15) is 0 Å². The number of halogens is 1. The zero-order valence-electron chi connectivity index (χ0n) is 8.40. The molecule has 0 heterocycles. The van der Waals surface area contributed by atoms with Crippen LogP contribution in [0.15, 0.2) is 12.1 Å². The van der Waals surface area contributed by atoms with Crippen LogP contribution < -0.4 is 10.5 Å². The van der Waals surface area contributed by atoms with Crippen LogP contribution in [0.25, 0.3) is 0 Å². The molecule has 1 aromatic carbocycles. The van der Waals surface area contributed by atoms with Gasteiger partial charge in [0.05, 0.1) is 29.7 Å². The number of hydrogen-bond donors (Lipinski definition) is 1. The molecule has 0 aliphatic heterocycles. The van der Waals surface area contributed by atoms with Crippen LogP contribution in [0, 0.1) is 10.1 Å². The summed E-state index contributed by atoms with van der Waals surface area (Å²) in [5.74, 6) is -0.735. The second-order valence-corrected chi connectivity index (χ2v) is 3.19. The van der Waals surface area contributed by atoms with Crippen LogP contribution in [-0.2, 0) is 0 Å². The van der Waals surface area contributed by atoms with Crippen LogP contribution in [-0.4, -0.2) is 23.7 Å². The van der Waals surface area contributed by atoms with Crippen molar-refractivity contribution in [1.29, 1.82) is 0 Å². The summed E-state index contributed by atoms with van der Waals surface area (Å²) in [5.41, 5.74) is 4.95. The normalized spacial score (nSPS) is 9.88. The molecule has 6 nitrogen and oxygen atoms in total. The van der Waals surface area contributed by atoms with Crippen molar-refractivity contribution < 1.29 is 14.5 Å². The Morgan fingerprint density at radius 3 is 2.69 bits per heavy atom. The largest absolute Gasteiger partial charge is 0.496 e. The molecular formula is C9H9ClN2O4. The monoisotopic (exact) mass is 244 g/mol. The first-order valence-corrected chi connectivity index (χ1v) is 4.75. The molecule has 0 fully saturated rings. The number of carbonyl (C=O) groups excluding carboxylic acids is 1. The Balaban J connectivity index is 3.45. The minimum absolute atomic E-state index is 0.0169. The Morgan fingerprint density at radius 2 is 2.25 bits per heavy atom. The van der Waals surface area contributed by atoms with Gasteiger partial charge in [-0.3, -0.25) is 14.9 Å². The van der Waals surface area contributed by atoms with Crippen LogP contribution in [0.4, 0.5) is 11.4 Å². The molecule has 0 saturated carbocycles. The molecule has 0 aromatic heterocycles. The standard InChI is InChI=1S/C9H9ClN2O4/c1-16-5-2-6(11)9(8(13)4-10)7(3-5)12(14)15/h2-3H,4,11H2,1H3. The third kappa shape index (κ3) is 2.22. The van der Waals surface area contributed by atoms with E-state index in [-0.39, 0.29) is 22.9 Å². The number of nitrogens with zero attached hydrogens (tertiary/aromatic N) is 1. The molecule has 7 heteroatoms. The quantitative estimate of drug-likeness (QED) is 0.285. The summed E-state index contributed by atoms with van der Waals surface area (Å²) in [6.07, 6.45) is 0. The van der Waals surface area contributed by atoms with Crippen LogP contribution in [0.2, 0.25) is 0 Å². The van der Waals surface area contributed by atoms with E-state index in [1.54, 1.807) is 0 Å². The van der Waals surface area contributed by atoms with Gasteiger partial charge in [-0.05, 0) is 0 Å². The summed E-state index contributed by atoms with van der Waals surface area (Å²) in [7, 11) is 1.35. The van der Waals surface area contributed by atoms with Crippen LogP contribution >= 0.6 is 11.6 Å². The number of rotatable bonds is 4. The number of benzene rings is 1. The summed E-state index contributed by atoms with van der Waals surface area (Å²) in [5, 5.41) is 10.8. The summed E-state index contributed by atoms with van der Waals surface area (Å²) >= 11 is 5.35. The van der Waals surface area contributed by atoms with Gasteiger partial charge in [-0.1, -0.05) is 0 Å². The molecule has 0 radical (unpaired) electrons. The van der Waals surface area contributed by atoms with Crippen LogP contribution in [0.5, 0.6) is 5.75 Å². The highest BCUT2D eigenvalue weighted by atomic mass is 35.5. The molecule has 1 rings (SSSR count). The number of nitrogen functional groups attached to an aromatic ring is 1. The second kappa shape index (κ2) is 4.80. The highest BCUT2D eigenvalue weighted by Gasteiger charge is 2.24. The molecule has 86 valence electrons. The summed E-state index contributed by atoms with van der Waals surface area (Å²) in [6.45, 7) is 0. The number of nitro groups is 1. The van der Waals surface area contributed by atoms with Gasteiger partial charge in [0.15, 0.2) is 5.78 Å². The number of carbonyl (C=O) groups is 1. The van der Waals surface area contributed by atoms with Crippen molar-refractivity contribution in [3.05, 3.63) is 27.8 Å². The molecular weight excluding hydrogens is 236 g/mol. The summed E-state index contributed by atoms with van der Waals surface area (Å²) in [4.78, 5) is 21.5. The molecule has 0 bridgehead atoms. The first-order chi connectivity index (χ1) is 7.51. The summed E-state index contributed by atoms with van der Waals surface area (Å²) in [6, 6.07) is 2.48. The van der Waals surface area contributed by atoms with E-state index in [4.69, 9.17) is 22.1 Å². The van der Waals surface area contributed by atoms with Crippen molar-refractivity contribution in [3.63, 3.8) is 0 Å². The number of Topliss-reactive ketones (excluding diaryl/α,β-unsaturated/α-hetero) is 1. The minimum Gasteiger partial charge on any atom is -0.496 e. The SMILES string of the molecule is COc1cc(N)c(C(=O)CCl)c([N+](=O)[O-])c1. The van der Waals surface area contributed by atoms with Gasteiger partial charge in [0.25, 0.3) is 5.69 Å². The molecule has 0 spiro atoms. The van der Waals surface area contributed by atoms with Gasteiger partial charge in [0.2, 0.25) is 0 Å². The molecule has 16 heavy (non-hydrogen) atoms. The number of ketones is 1. The highest BCUT2D eigenvalue weighted by molar-refractivity contribution is 6.31. The number of anilines is 1. The average Bonchev–Trinajstić information content (AvgIpc) is 2.26. The fraction of sp³-hybridized carbons (Fsp3) is 0.222. The maximum absolute atomic E-state index is 11.4. The lowest BCUT2D eigenvalue weighted by Gasteiger charge is -2.06. The van der Waals surface area contributed by atoms with Gasteiger partial charge in [-0.15, -0.1) is 11.6 Å². The Morgan fingerprint density at radius 1 is 1.62 bits per heavy atom. The van der Waals surface area contributed by atoms with Gasteiger partial charge >= 0.3 is 0 Å². The van der Waals surface area contributed by atoms with Crippen molar-refractivity contribution in [1.82, 2.24) is 0 Å². The predicted molar refractivity (Wildman–Crippen MR) is 59.1 cm³/mol. The van der Waals surface area contributed by atoms with E-state index in [9.17, 15) is 14.9 Å². The Labute approximate surface area is 96.1 Å². The topological polar surface area (TPSA) is 95.5 Å². The van der Waals surface area contributed by atoms with Crippen molar-refractivity contribution in [3.8, 4) is 5.75 Å². The first-order valence-electron chi connectivity index (χ1n) is 4.22. The molecule has 0 unspecified atom stereocenters. The Kier molecular flexibility index (Phi) is 3.68. The number of methoxy groups -OCH3 is 1. The fourth-order valence-electron chi connectivity index (χ4n) is 1.25. The average molecular weight is 245 g/mol. The van der Waals surface area contributed by atoms with E-state index in [2.05, 4.69) is 0 Å². The first kappa shape index (κ1) is 12.3. The van der Waals surface area contributed by atoms with E-state index < -0.39 is 16.4 Å². The molecule has 0 atom stereocenters. The van der Waals surface area contributed by atoms with Gasteiger partial charge in [-0.25, -0.2) is 0 Å². The van der Waals surface area contributed by atoms with Crippen LogP contribution in [0.3, 0.4) is 0 Å². The van der Waals surface area contributed by atoms with E-state index in [1.165, 1.54) is 13.2 Å². The number of hydrogen-bond acceptors (Lipinski definition) is 5. The Bertz CT molecular complexity index is 447. The van der Waals surface area contributed by atoms with Crippen molar-refractivity contribution >= 4 is 28.8 Å². The lowest BCUT2D eigenvalue weighted by Crippen LogP contribution is -2.09. The van der Waals surface area contributed by atoms with E-state index >= 15 is 0 Å². The fourth-order valence-corrected chi connectivity index (χ4v) is 1.39. The second-order valence-electron chi connectivity index (χ2n) is 2.92. The zero-order valence-corrected chi connectivity index (χ0v) is 9.15. The third-order valence-corrected chi connectivity index (χ3v) is 2.20. The summed E-state index contributed by atoms with van der Waals surface area (Å²) < 4.78 is 4.83. The van der Waals surface area contributed by atoms with E-state index in [1.807, 2.05) is 0 Å². The number of nitrogens with two attached hydrogens (primary N) is 1. The number of alkyl halides is 1. The van der Waals surface area contributed by atoms with E-state index in [0.717, 1.165) is 6.07 Å².